The third-order valence-corrected chi connectivity index (χ3v) is 4.12. The Hall–Kier alpha value is -2.14. The quantitative estimate of drug-likeness (QED) is 0.539. The molecule has 0 spiro atoms. The molecular weight excluding hydrogens is 282 g/mol. The van der Waals surface area contributed by atoms with Gasteiger partial charge in [-0.05, 0) is 24.8 Å². The zero-order valence-corrected chi connectivity index (χ0v) is 12.9. The van der Waals surface area contributed by atoms with E-state index in [1.54, 1.807) is 17.8 Å². The highest BCUT2D eigenvalue weighted by Crippen LogP contribution is 2.24. The lowest BCUT2D eigenvalue weighted by molar-refractivity contribution is 0.869. The molecule has 0 bridgehead atoms. The second-order valence-corrected chi connectivity index (χ2v) is 5.64. The van der Waals surface area contributed by atoms with Crippen molar-refractivity contribution < 1.29 is 0 Å². The number of nitrogens with zero attached hydrogens (tertiary/aromatic N) is 3. The van der Waals surface area contributed by atoms with Crippen LogP contribution in [0.15, 0.2) is 46.5 Å². The van der Waals surface area contributed by atoms with E-state index >= 15 is 0 Å². The Labute approximate surface area is 126 Å². The largest absolute Gasteiger partial charge is 0.309 e. The molecule has 3 aromatic rings. The van der Waals surface area contributed by atoms with Crippen LogP contribution in [0.5, 0.6) is 0 Å². The van der Waals surface area contributed by atoms with Gasteiger partial charge in [0.1, 0.15) is 5.52 Å². The van der Waals surface area contributed by atoms with Gasteiger partial charge < -0.3 is 4.57 Å². The summed E-state index contributed by atoms with van der Waals surface area (Å²) < 4.78 is 1.65. The van der Waals surface area contributed by atoms with Gasteiger partial charge in [0.15, 0.2) is 5.16 Å². The lowest BCUT2D eigenvalue weighted by Gasteiger charge is -2.12. The molecule has 21 heavy (non-hydrogen) atoms. The average molecular weight is 297 g/mol. The molecule has 2 aromatic heterocycles. The van der Waals surface area contributed by atoms with Crippen LogP contribution in [-0.2, 0) is 7.05 Å². The molecule has 0 aliphatic carbocycles. The van der Waals surface area contributed by atoms with Gasteiger partial charge in [-0.3, -0.25) is 4.79 Å². The first-order valence-electron chi connectivity index (χ1n) is 6.58. The van der Waals surface area contributed by atoms with Gasteiger partial charge >= 0.3 is 0 Å². The molecule has 0 amide bonds. The summed E-state index contributed by atoms with van der Waals surface area (Å²) in [6.07, 6.45) is 3.62. The molecule has 0 fully saturated rings. The smallest absolute Gasteiger partial charge is 0.277 e. The Morgan fingerprint density at radius 3 is 2.71 bits per heavy atom. The van der Waals surface area contributed by atoms with Crippen molar-refractivity contribution in [3.63, 3.8) is 0 Å². The molecular formula is C16H15N3OS. The van der Waals surface area contributed by atoms with E-state index in [9.17, 15) is 4.79 Å². The van der Waals surface area contributed by atoms with Crippen LogP contribution in [0.25, 0.3) is 22.2 Å². The molecule has 0 N–H and O–H groups in total. The molecule has 0 atom stereocenters. The SMILES string of the molecule is CSc1ncc2cc(-c3ccccc3C)n(C)c(=O)c2n1. The summed E-state index contributed by atoms with van der Waals surface area (Å²) in [4.78, 5) is 21.2. The first-order chi connectivity index (χ1) is 10.1. The van der Waals surface area contributed by atoms with Crippen LogP contribution in [0.1, 0.15) is 5.56 Å². The summed E-state index contributed by atoms with van der Waals surface area (Å²) in [5, 5.41) is 1.39. The van der Waals surface area contributed by atoms with Crippen LogP contribution in [-0.4, -0.2) is 20.8 Å². The van der Waals surface area contributed by atoms with Crippen molar-refractivity contribution >= 4 is 22.7 Å². The monoisotopic (exact) mass is 297 g/mol. The van der Waals surface area contributed by atoms with E-state index in [1.165, 1.54) is 11.8 Å². The van der Waals surface area contributed by atoms with Crippen molar-refractivity contribution in [3.05, 3.63) is 52.4 Å². The Morgan fingerprint density at radius 1 is 1.24 bits per heavy atom. The number of hydrogen-bond acceptors (Lipinski definition) is 4. The summed E-state index contributed by atoms with van der Waals surface area (Å²) in [5.74, 6) is 0. The first-order valence-corrected chi connectivity index (χ1v) is 7.81. The normalized spacial score (nSPS) is 11.0. The number of aromatic nitrogens is 3. The number of fused-ring (bicyclic) bond motifs is 1. The zero-order chi connectivity index (χ0) is 15.0. The molecule has 3 rings (SSSR count). The van der Waals surface area contributed by atoms with Crippen molar-refractivity contribution in [1.29, 1.82) is 0 Å². The van der Waals surface area contributed by atoms with Crippen LogP contribution in [0.3, 0.4) is 0 Å². The number of pyridine rings is 1. The lowest BCUT2D eigenvalue weighted by atomic mass is 10.0. The van der Waals surface area contributed by atoms with Gasteiger partial charge in [0, 0.05) is 24.2 Å². The molecule has 0 unspecified atom stereocenters. The van der Waals surface area contributed by atoms with Gasteiger partial charge in [0.05, 0.1) is 5.69 Å². The summed E-state index contributed by atoms with van der Waals surface area (Å²) in [7, 11) is 1.78. The van der Waals surface area contributed by atoms with Crippen LogP contribution in [0, 0.1) is 6.92 Å². The molecule has 0 saturated heterocycles. The number of benzene rings is 1. The molecule has 0 aliphatic rings. The van der Waals surface area contributed by atoms with Gasteiger partial charge in [-0.25, -0.2) is 9.97 Å². The van der Waals surface area contributed by atoms with Crippen molar-refractivity contribution in [2.75, 3.05) is 6.26 Å². The van der Waals surface area contributed by atoms with Crippen molar-refractivity contribution in [1.82, 2.24) is 14.5 Å². The van der Waals surface area contributed by atoms with E-state index in [-0.39, 0.29) is 5.56 Å². The first kappa shape index (κ1) is 13.8. The van der Waals surface area contributed by atoms with E-state index in [4.69, 9.17) is 0 Å². The average Bonchev–Trinajstić information content (AvgIpc) is 2.51. The highest BCUT2D eigenvalue weighted by atomic mass is 32.2. The minimum Gasteiger partial charge on any atom is -0.309 e. The number of rotatable bonds is 2. The fourth-order valence-corrected chi connectivity index (χ4v) is 2.72. The van der Waals surface area contributed by atoms with Crippen molar-refractivity contribution in [2.45, 2.75) is 12.1 Å². The van der Waals surface area contributed by atoms with Gasteiger partial charge in [-0.2, -0.15) is 0 Å². The molecule has 2 heterocycles. The molecule has 4 nitrogen and oxygen atoms in total. The zero-order valence-electron chi connectivity index (χ0n) is 12.1. The standard InChI is InChI=1S/C16H15N3OS/c1-10-6-4-5-7-12(10)13-8-11-9-17-16(21-3)18-14(11)15(20)19(13)2/h4-9H,1-3H3. The maximum Gasteiger partial charge on any atom is 0.277 e. The third-order valence-electron chi connectivity index (χ3n) is 3.56. The van der Waals surface area contributed by atoms with E-state index in [1.807, 2.05) is 43.5 Å². The summed E-state index contributed by atoms with van der Waals surface area (Å²) in [6, 6.07) is 10.0. The highest BCUT2D eigenvalue weighted by molar-refractivity contribution is 7.98. The molecule has 0 saturated carbocycles. The van der Waals surface area contributed by atoms with Gasteiger partial charge in [0.2, 0.25) is 0 Å². The molecule has 1 aromatic carbocycles. The minimum absolute atomic E-state index is 0.0940. The fraction of sp³-hybridized carbons (Fsp3) is 0.188. The second kappa shape index (κ2) is 5.33. The summed E-state index contributed by atoms with van der Waals surface area (Å²) >= 11 is 1.43. The summed E-state index contributed by atoms with van der Waals surface area (Å²) in [6.45, 7) is 2.04. The topological polar surface area (TPSA) is 47.8 Å². The molecule has 106 valence electrons. The number of thioether (sulfide) groups is 1. The number of hydrogen-bond donors (Lipinski definition) is 0. The van der Waals surface area contributed by atoms with Crippen LogP contribution in [0.4, 0.5) is 0 Å². The maximum absolute atomic E-state index is 12.6. The Balaban J connectivity index is 2.34. The fourth-order valence-electron chi connectivity index (χ4n) is 2.38. The van der Waals surface area contributed by atoms with Crippen LogP contribution >= 0.6 is 11.8 Å². The maximum atomic E-state index is 12.6. The predicted molar refractivity (Wildman–Crippen MR) is 86.7 cm³/mol. The molecule has 5 heteroatoms. The van der Waals surface area contributed by atoms with Gasteiger partial charge in [-0.1, -0.05) is 36.0 Å². The van der Waals surface area contributed by atoms with Gasteiger partial charge in [-0.15, -0.1) is 0 Å². The Bertz CT molecular complexity index is 886. The summed E-state index contributed by atoms with van der Waals surface area (Å²) in [5.41, 5.74) is 3.44. The van der Waals surface area contributed by atoms with E-state index in [0.29, 0.717) is 10.7 Å². The van der Waals surface area contributed by atoms with Crippen LogP contribution < -0.4 is 5.56 Å². The van der Waals surface area contributed by atoms with Crippen molar-refractivity contribution in [3.8, 4) is 11.3 Å². The molecule has 0 radical (unpaired) electrons. The van der Waals surface area contributed by atoms with E-state index in [0.717, 1.165) is 22.2 Å². The van der Waals surface area contributed by atoms with Gasteiger partial charge in [0.25, 0.3) is 5.56 Å². The Kier molecular flexibility index (Phi) is 3.51. The second-order valence-electron chi connectivity index (χ2n) is 4.87. The number of aryl methyl sites for hydroxylation is 1. The van der Waals surface area contributed by atoms with E-state index in [2.05, 4.69) is 9.97 Å². The third kappa shape index (κ3) is 2.34. The molecule has 0 aliphatic heterocycles. The van der Waals surface area contributed by atoms with Crippen LogP contribution in [0.2, 0.25) is 0 Å². The van der Waals surface area contributed by atoms with E-state index < -0.39 is 0 Å². The Morgan fingerprint density at radius 2 is 2.00 bits per heavy atom. The lowest BCUT2D eigenvalue weighted by Crippen LogP contribution is -2.20. The minimum atomic E-state index is -0.0940. The highest BCUT2D eigenvalue weighted by Gasteiger charge is 2.11. The van der Waals surface area contributed by atoms with Crippen molar-refractivity contribution in [2.24, 2.45) is 7.05 Å². The predicted octanol–water partition coefficient (Wildman–Crippen LogP) is 3.03.